The lowest BCUT2D eigenvalue weighted by Crippen LogP contribution is -2.63. The summed E-state index contributed by atoms with van der Waals surface area (Å²) in [4.78, 5) is 2.73. The lowest BCUT2D eigenvalue weighted by molar-refractivity contribution is 0.0356. The van der Waals surface area contributed by atoms with Crippen LogP contribution in [0.15, 0.2) is 0 Å². The van der Waals surface area contributed by atoms with Gasteiger partial charge in [0.2, 0.25) is 0 Å². The van der Waals surface area contributed by atoms with Crippen molar-refractivity contribution in [2.75, 3.05) is 19.6 Å². The molecule has 0 amide bonds. The van der Waals surface area contributed by atoms with Gasteiger partial charge >= 0.3 is 0 Å². The van der Waals surface area contributed by atoms with Gasteiger partial charge in [-0.25, -0.2) is 0 Å². The van der Waals surface area contributed by atoms with E-state index in [0.717, 1.165) is 12.5 Å². The first-order chi connectivity index (χ1) is 7.55. The molecular formula is C14H30N2. The van der Waals surface area contributed by atoms with Crippen LogP contribution in [0.3, 0.4) is 0 Å². The quantitative estimate of drug-likeness (QED) is 0.775. The lowest BCUT2D eigenvalue weighted by atomic mass is 9.90. The van der Waals surface area contributed by atoms with Gasteiger partial charge < -0.3 is 5.32 Å². The molecule has 2 heteroatoms. The number of hydrogen-bond acceptors (Lipinski definition) is 2. The predicted octanol–water partition coefficient (Wildman–Crippen LogP) is 2.89. The Bertz CT molecular complexity index is 203. The van der Waals surface area contributed by atoms with E-state index >= 15 is 0 Å². The monoisotopic (exact) mass is 226 g/mol. The molecule has 0 aromatic carbocycles. The molecule has 16 heavy (non-hydrogen) atoms. The Hall–Kier alpha value is -0.0800. The van der Waals surface area contributed by atoms with E-state index in [4.69, 9.17) is 0 Å². The zero-order valence-corrected chi connectivity index (χ0v) is 11.8. The summed E-state index contributed by atoms with van der Waals surface area (Å²) in [6, 6.07) is 0.698. The zero-order valence-electron chi connectivity index (χ0n) is 11.8. The van der Waals surface area contributed by atoms with Crippen molar-refractivity contribution in [2.24, 2.45) is 5.92 Å². The van der Waals surface area contributed by atoms with Gasteiger partial charge in [0.25, 0.3) is 0 Å². The molecule has 96 valence electrons. The zero-order chi connectivity index (χ0) is 12.2. The third kappa shape index (κ3) is 3.21. The summed E-state index contributed by atoms with van der Waals surface area (Å²) < 4.78 is 0. The van der Waals surface area contributed by atoms with Crippen LogP contribution >= 0.6 is 0 Å². The fourth-order valence-corrected chi connectivity index (χ4v) is 2.45. The Kier molecular flexibility index (Phi) is 5.26. The number of hydrogen-bond donors (Lipinski definition) is 1. The summed E-state index contributed by atoms with van der Waals surface area (Å²) in [6.45, 7) is 15.3. The van der Waals surface area contributed by atoms with Crippen molar-refractivity contribution in [3.8, 4) is 0 Å². The molecule has 1 aliphatic heterocycles. The van der Waals surface area contributed by atoms with E-state index in [1.807, 2.05) is 0 Å². The largest absolute Gasteiger partial charge is 0.311 e. The first-order valence-electron chi connectivity index (χ1n) is 7.04. The Morgan fingerprint density at radius 3 is 2.56 bits per heavy atom. The summed E-state index contributed by atoms with van der Waals surface area (Å²) in [5.74, 6) is 0.821. The lowest BCUT2D eigenvalue weighted by Gasteiger charge is -2.48. The van der Waals surface area contributed by atoms with Gasteiger partial charge in [0.15, 0.2) is 0 Å². The number of nitrogens with one attached hydrogen (secondary N) is 1. The summed E-state index contributed by atoms with van der Waals surface area (Å²) in [7, 11) is 0. The van der Waals surface area contributed by atoms with Crippen LogP contribution < -0.4 is 5.32 Å². The Morgan fingerprint density at radius 2 is 2.06 bits per heavy atom. The molecule has 1 N–H and O–H groups in total. The minimum atomic E-state index is 0.370. The number of piperazine rings is 1. The maximum absolute atomic E-state index is 3.69. The highest BCUT2D eigenvalue weighted by Gasteiger charge is 2.35. The normalized spacial score (nSPS) is 33.9. The number of nitrogens with zero attached hydrogens (tertiary/aromatic N) is 1. The van der Waals surface area contributed by atoms with Crippen LogP contribution in [0.1, 0.15) is 53.9 Å². The van der Waals surface area contributed by atoms with Gasteiger partial charge in [-0.3, -0.25) is 4.90 Å². The van der Waals surface area contributed by atoms with Crippen LogP contribution in [0, 0.1) is 5.92 Å². The molecule has 0 aliphatic carbocycles. The van der Waals surface area contributed by atoms with Gasteiger partial charge in [0, 0.05) is 31.2 Å². The predicted molar refractivity (Wildman–Crippen MR) is 71.8 cm³/mol. The summed E-state index contributed by atoms with van der Waals surface area (Å²) in [5.41, 5.74) is 0.370. The second-order valence-electron chi connectivity index (χ2n) is 5.75. The SMILES string of the molecule is CCC(C)CN1CC(CC)NCC1(C)CC. The van der Waals surface area contributed by atoms with Crippen molar-refractivity contribution in [3.63, 3.8) is 0 Å². The van der Waals surface area contributed by atoms with Crippen molar-refractivity contribution in [1.82, 2.24) is 10.2 Å². The van der Waals surface area contributed by atoms with E-state index in [-0.39, 0.29) is 0 Å². The molecular weight excluding hydrogens is 196 g/mol. The minimum Gasteiger partial charge on any atom is -0.311 e. The van der Waals surface area contributed by atoms with Gasteiger partial charge in [0.05, 0.1) is 0 Å². The standard InChI is InChI=1S/C14H30N2/c1-6-12(4)9-16-10-13(7-2)15-11-14(16,5)8-3/h12-13,15H,6-11H2,1-5H3. The minimum absolute atomic E-state index is 0.370. The van der Waals surface area contributed by atoms with E-state index in [1.54, 1.807) is 0 Å². The summed E-state index contributed by atoms with van der Waals surface area (Å²) in [6.07, 6.45) is 3.78. The molecule has 1 saturated heterocycles. The van der Waals surface area contributed by atoms with Crippen molar-refractivity contribution >= 4 is 0 Å². The second kappa shape index (κ2) is 6.02. The Balaban J connectivity index is 2.64. The van der Waals surface area contributed by atoms with E-state index in [9.17, 15) is 0 Å². The highest BCUT2D eigenvalue weighted by molar-refractivity contribution is 4.95. The van der Waals surface area contributed by atoms with Gasteiger partial charge in [-0.15, -0.1) is 0 Å². The highest BCUT2D eigenvalue weighted by Crippen LogP contribution is 2.25. The molecule has 0 bridgehead atoms. The maximum Gasteiger partial charge on any atom is 0.0304 e. The first kappa shape index (κ1) is 14.0. The average molecular weight is 226 g/mol. The number of rotatable bonds is 5. The van der Waals surface area contributed by atoms with E-state index in [1.165, 1.54) is 32.4 Å². The van der Waals surface area contributed by atoms with E-state index in [2.05, 4.69) is 44.8 Å². The molecule has 3 unspecified atom stereocenters. The molecule has 0 radical (unpaired) electrons. The van der Waals surface area contributed by atoms with E-state index < -0.39 is 0 Å². The Labute approximate surface area is 102 Å². The molecule has 0 aromatic rings. The van der Waals surface area contributed by atoms with Crippen LogP contribution in [0.25, 0.3) is 0 Å². The van der Waals surface area contributed by atoms with E-state index in [0.29, 0.717) is 11.6 Å². The molecule has 1 rings (SSSR count). The molecule has 2 nitrogen and oxygen atoms in total. The Morgan fingerprint density at radius 1 is 1.38 bits per heavy atom. The van der Waals surface area contributed by atoms with Gasteiger partial charge in [-0.1, -0.05) is 34.1 Å². The van der Waals surface area contributed by atoms with Crippen LogP contribution in [-0.2, 0) is 0 Å². The van der Waals surface area contributed by atoms with Crippen molar-refractivity contribution < 1.29 is 0 Å². The summed E-state index contributed by atoms with van der Waals surface area (Å²) in [5, 5.41) is 3.69. The van der Waals surface area contributed by atoms with Crippen LogP contribution in [0.4, 0.5) is 0 Å². The fraction of sp³-hybridized carbons (Fsp3) is 1.00. The topological polar surface area (TPSA) is 15.3 Å². The molecule has 0 aromatic heterocycles. The smallest absolute Gasteiger partial charge is 0.0304 e. The second-order valence-corrected chi connectivity index (χ2v) is 5.75. The van der Waals surface area contributed by atoms with Crippen molar-refractivity contribution in [2.45, 2.75) is 65.5 Å². The van der Waals surface area contributed by atoms with Gasteiger partial charge in [-0.2, -0.15) is 0 Å². The first-order valence-corrected chi connectivity index (χ1v) is 7.04. The molecule has 1 aliphatic rings. The van der Waals surface area contributed by atoms with Crippen LogP contribution in [-0.4, -0.2) is 36.1 Å². The molecule has 0 spiro atoms. The van der Waals surface area contributed by atoms with Crippen molar-refractivity contribution in [3.05, 3.63) is 0 Å². The highest BCUT2D eigenvalue weighted by atomic mass is 15.3. The van der Waals surface area contributed by atoms with Crippen molar-refractivity contribution in [1.29, 1.82) is 0 Å². The van der Waals surface area contributed by atoms with Gasteiger partial charge in [0.1, 0.15) is 0 Å². The van der Waals surface area contributed by atoms with Gasteiger partial charge in [-0.05, 0) is 25.7 Å². The van der Waals surface area contributed by atoms with Crippen LogP contribution in [0.2, 0.25) is 0 Å². The average Bonchev–Trinajstić information content (AvgIpc) is 2.31. The molecule has 3 atom stereocenters. The summed E-state index contributed by atoms with van der Waals surface area (Å²) >= 11 is 0. The third-order valence-electron chi connectivity index (χ3n) is 4.46. The fourth-order valence-electron chi connectivity index (χ4n) is 2.45. The third-order valence-corrected chi connectivity index (χ3v) is 4.46. The molecule has 0 saturated carbocycles. The molecule has 1 heterocycles. The van der Waals surface area contributed by atoms with Crippen LogP contribution in [0.5, 0.6) is 0 Å². The maximum atomic E-state index is 3.69. The molecule has 1 fully saturated rings.